The summed E-state index contributed by atoms with van der Waals surface area (Å²) in [5, 5.41) is 0. The Labute approximate surface area is 162 Å². The van der Waals surface area contributed by atoms with Crippen molar-refractivity contribution in [2.45, 2.75) is 77.7 Å². The topological polar surface area (TPSA) is 75.5 Å². The maximum absolute atomic E-state index is 11.6. The van der Waals surface area contributed by atoms with Crippen molar-refractivity contribution in [1.82, 2.24) is 0 Å². The molecule has 3 rings (SSSR count). The summed E-state index contributed by atoms with van der Waals surface area (Å²) in [6.07, 6.45) is 8.32. The number of allylic oxidation sites excluding steroid dienone is 2. The molecule has 150 valence electrons. The Morgan fingerprint density at radius 2 is 2.04 bits per heavy atom. The summed E-state index contributed by atoms with van der Waals surface area (Å²) in [4.78, 5) is 0. The van der Waals surface area contributed by atoms with E-state index in [1.54, 1.807) is 6.07 Å². The summed E-state index contributed by atoms with van der Waals surface area (Å²) >= 11 is 0. The molecule has 1 heterocycles. The number of ether oxygens (including phenoxy) is 1. The van der Waals surface area contributed by atoms with Crippen LogP contribution in [0.4, 0.5) is 0 Å². The van der Waals surface area contributed by atoms with Crippen molar-refractivity contribution in [3.63, 3.8) is 0 Å². The van der Waals surface area contributed by atoms with Crippen molar-refractivity contribution in [2.24, 2.45) is 5.92 Å². The van der Waals surface area contributed by atoms with Crippen molar-refractivity contribution in [3.05, 3.63) is 34.9 Å². The summed E-state index contributed by atoms with van der Waals surface area (Å²) in [5.41, 5.74) is 2.72. The van der Waals surface area contributed by atoms with Gasteiger partial charge in [0.15, 0.2) is 5.75 Å². The Balaban J connectivity index is 2.12. The molecule has 2 atom stereocenters. The van der Waals surface area contributed by atoms with Crippen LogP contribution >= 0.6 is 0 Å². The van der Waals surface area contributed by atoms with Crippen LogP contribution in [0.1, 0.15) is 76.8 Å². The number of benzene rings is 1. The summed E-state index contributed by atoms with van der Waals surface area (Å²) in [7, 11) is -4.36. The second-order valence-electron chi connectivity index (χ2n) is 8.39. The third-order valence-corrected chi connectivity index (χ3v) is 6.18. The molecule has 0 saturated carbocycles. The van der Waals surface area contributed by atoms with E-state index >= 15 is 0 Å². The second-order valence-corrected chi connectivity index (χ2v) is 9.46. The van der Waals surface area contributed by atoms with E-state index in [9.17, 15) is 8.42 Å². The van der Waals surface area contributed by atoms with Crippen LogP contribution in [-0.2, 0) is 16.8 Å². The second kappa shape index (κ2) is 7.47. The molecule has 0 radical (unpaired) electrons. The normalized spacial score (nSPS) is 23.7. The first-order valence-electron chi connectivity index (χ1n) is 9.83. The highest BCUT2D eigenvalue weighted by atomic mass is 32.3. The highest BCUT2D eigenvalue weighted by Crippen LogP contribution is 2.53. The van der Waals surface area contributed by atoms with E-state index < -0.39 is 10.4 Å². The predicted octanol–water partition coefficient (Wildman–Crippen LogP) is 4.38. The van der Waals surface area contributed by atoms with Crippen LogP contribution < -0.4 is 8.92 Å². The third-order valence-electron chi connectivity index (χ3n) is 5.78. The van der Waals surface area contributed by atoms with Crippen LogP contribution in [0.3, 0.4) is 0 Å². The smallest absolute Gasteiger partial charge is 0.487 e. The van der Waals surface area contributed by atoms with Gasteiger partial charge in [0.1, 0.15) is 11.4 Å². The molecule has 0 fully saturated rings. The van der Waals surface area contributed by atoms with Gasteiger partial charge in [-0.15, -0.1) is 8.42 Å². The molecule has 0 spiro atoms. The fraction of sp³-hybridized carbons (Fsp3) is 0.619. The monoisotopic (exact) mass is 395 g/mol. The average Bonchev–Trinajstić information content (AvgIpc) is 2.52. The molecule has 27 heavy (non-hydrogen) atoms. The lowest BCUT2D eigenvalue weighted by molar-refractivity contribution is 0.0110. The van der Waals surface area contributed by atoms with E-state index in [0.717, 1.165) is 49.7 Å². The maximum Gasteiger partial charge on any atom is 0.581 e. The molecular weight excluding hydrogens is 364 g/mol. The van der Waals surface area contributed by atoms with Crippen LogP contribution in [0.15, 0.2) is 23.8 Å². The van der Waals surface area contributed by atoms with Gasteiger partial charge in [-0.3, -0.25) is 4.55 Å². The quantitative estimate of drug-likeness (QED) is 0.407. The van der Waals surface area contributed by atoms with Gasteiger partial charge in [-0.05, 0) is 64.2 Å². The number of hydrogen-bond acceptors (Lipinski definition) is 4. The first kappa shape index (κ1) is 20.2. The zero-order valence-electron chi connectivity index (χ0n) is 16.7. The summed E-state index contributed by atoms with van der Waals surface area (Å²) in [6.45, 7) is 8.47. The predicted molar refractivity (Wildman–Crippen MR) is 107 cm³/mol. The first-order valence-corrected chi connectivity index (χ1v) is 11.2. The van der Waals surface area contributed by atoms with E-state index in [4.69, 9.17) is 13.5 Å². The largest absolute Gasteiger partial charge is 0.581 e. The molecule has 1 aliphatic heterocycles. The molecular formula is C21H31O5S+. The molecule has 1 aromatic carbocycles. The van der Waals surface area contributed by atoms with Crippen molar-refractivity contribution in [3.8, 4) is 11.5 Å². The van der Waals surface area contributed by atoms with Gasteiger partial charge in [-0.2, -0.15) is 0 Å². The fourth-order valence-electron chi connectivity index (χ4n) is 4.47. The van der Waals surface area contributed by atoms with Crippen LogP contribution in [-0.4, -0.2) is 18.6 Å². The van der Waals surface area contributed by atoms with Crippen molar-refractivity contribution >= 4 is 10.4 Å². The lowest BCUT2D eigenvalue weighted by Crippen LogP contribution is -2.45. The molecule has 5 nitrogen and oxygen atoms in total. The van der Waals surface area contributed by atoms with Gasteiger partial charge in [0.25, 0.3) is 0 Å². The molecule has 1 aromatic rings. The minimum absolute atomic E-state index is 0.0407. The molecule has 0 saturated heterocycles. The highest BCUT2D eigenvalue weighted by Gasteiger charge is 2.46. The molecule has 0 aromatic heterocycles. The van der Waals surface area contributed by atoms with Crippen LogP contribution in [0.2, 0.25) is 0 Å². The Morgan fingerprint density at radius 1 is 1.30 bits per heavy atom. The first-order chi connectivity index (χ1) is 12.6. The fourth-order valence-corrected chi connectivity index (χ4v) is 4.85. The van der Waals surface area contributed by atoms with Gasteiger partial charge < -0.3 is 8.92 Å². The minimum atomic E-state index is -4.36. The molecule has 6 heteroatoms. The summed E-state index contributed by atoms with van der Waals surface area (Å²) in [6, 6.07) is 3.82. The van der Waals surface area contributed by atoms with Crippen molar-refractivity contribution in [2.75, 3.05) is 0 Å². The van der Waals surface area contributed by atoms with Gasteiger partial charge in [-0.25, -0.2) is 0 Å². The van der Waals surface area contributed by atoms with E-state index in [1.165, 1.54) is 5.57 Å². The average molecular weight is 396 g/mol. The Kier molecular flexibility index (Phi) is 5.59. The number of hydrogen-bond donors (Lipinski definition) is 0. The van der Waals surface area contributed by atoms with E-state index in [2.05, 4.69) is 33.8 Å². The Bertz CT molecular complexity index is 838. The molecule has 0 amide bonds. The molecule has 0 unspecified atom stereocenters. The van der Waals surface area contributed by atoms with E-state index in [1.807, 2.05) is 6.07 Å². The van der Waals surface area contributed by atoms with E-state index in [0.29, 0.717) is 5.75 Å². The Morgan fingerprint density at radius 3 is 2.70 bits per heavy atom. The standard InChI is InChI=1S/C21H30O5S/c1-5-6-7-8-15-12-18-20(19(13-15)26-27(22,23)24)16-11-14(2)9-10-17(16)21(3,4)25-18/h11-13,16-17H,5-10H2,1-4H3,(H,22,23,24)/p+1/t16-,17-/m1/s1. The summed E-state index contributed by atoms with van der Waals surface area (Å²) in [5.74, 6) is 1.24. The van der Waals surface area contributed by atoms with Gasteiger partial charge in [-0.1, -0.05) is 31.4 Å². The molecule has 2 N–H and O–H groups in total. The van der Waals surface area contributed by atoms with Gasteiger partial charge >= 0.3 is 10.4 Å². The number of rotatable bonds is 6. The zero-order chi connectivity index (χ0) is 19.8. The zero-order valence-corrected chi connectivity index (χ0v) is 17.5. The van der Waals surface area contributed by atoms with E-state index in [-0.39, 0.29) is 23.2 Å². The SMILES string of the molecule is CCCCCc1cc2c(c(OS(=O)(=O)[OH2+])c1)[C@@H]1C=C(C)CC[C@H]1C(C)(C)O2. The lowest BCUT2D eigenvalue weighted by Gasteiger charge is -2.46. The number of fused-ring (bicyclic) bond motifs is 3. The van der Waals surface area contributed by atoms with Gasteiger partial charge in [0.2, 0.25) is 0 Å². The lowest BCUT2D eigenvalue weighted by atomic mass is 9.68. The minimum Gasteiger partial charge on any atom is -0.487 e. The number of unbranched alkanes of at least 4 members (excludes halogenated alkanes) is 2. The van der Waals surface area contributed by atoms with Gasteiger partial charge in [0.05, 0.1) is 0 Å². The van der Waals surface area contributed by atoms with Crippen LogP contribution in [0.25, 0.3) is 0 Å². The Hall–Kier alpha value is -1.53. The number of aryl methyl sites for hydroxylation is 1. The van der Waals surface area contributed by atoms with Gasteiger partial charge in [0, 0.05) is 17.4 Å². The molecule has 2 aliphatic rings. The highest BCUT2D eigenvalue weighted by molar-refractivity contribution is 7.81. The summed E-state index contributed by atoms with van der Waals surface area (Å²) < 4.78 is 42.0. The van der Waals surface area contributed by atoms with Crippen molar-refractivity contribution in [1.29, 1.82) is 0 Å². The van der Waals surface area contributed by atoms with Crippen LogP contribution in [0, 0.1) is 5.92 Å². The van der Waals surface area contributed by atoms with Crippen molar-refractivity contribution < 1.29 is 21.9 Å². The molecule has 1 aliphatic carbocycles. The molecule has 0 bridgehead atoms. The maximum atomic E-state index is 11.6. The third kappa shape index (κ3) is 4.49. The van der Waals surface area contributed by atoms with Crippen LogP contribution in [0.5, 0.6) is 11.5 Å².